The van der Waals surface area contributed by atoms with Crippen molar-refractivity contribution in [3.05, 3.63) is 35.4 Å². The lowest BCUT2D eigenvalue weighted by Gasteiger charge is -2.15. The smallest absolute Gasteiger partial charge is 0.312 e. The molecule has 0 N–H and O–H groups in total. The van der Waals surface area contributed by atoms with Gasteiger partial charge in [0.2, 0.25) is 0 Å². The lowest BCUT2D eigenvalue weighted by Crippen LogP contribution is -2.37. The molecule has 1 saturated carbocycles. The van der Waals surface area contributed by atoms with E-state index in [0.717, 1.165) is 30.6 Å². The average Bonchev–Trinajstić information content (AvgIpc) is 3.31. The molecule has 1 saturated heterocycles. The maximum Gasteiger partial charge on any atom is 0.327 e. The maximum absolute atomic E-state index is 12.3. The van der Waals surface area contributed by atoms with Crippen LogP contribution >= 0.6 is 0 Å². The van der Waals surface area contributed by atoms with Crippen LogP contribution in [0.2, 0.25) is 0 Å². The third-order valence-corrected chi connectivity index (χ3v) is 4.19. The Bertz CT molecular complexity index is 605. The Labute approximate surface area is 129 Å². The molecule has 2 fully saturated rings. The van der Waals surface area contributed by atoms with Crippen LogP contribution in [0.1, 0.15) is 42.1 Å². The molecule has 3 amide bonds. The number of Topliss-reactive ketones (excluding diaryl/α,β-unsaturated/α-hetero) is 1. The molecule has 3 rings (SSSR count). The molecule has 0 bridgehead atoms. The van der Waals surface area contributed by atoms with Crippen molar-refractivity contribution >= 4 is 17.7 Å². The van der Waals surface area contributed by atoms with Crippen LogP contribution in [0, 0.1) is 0 Å². The number of nitrogens with zero attached hydrogens (tertiary/aromatic N) is 2. The Hall–Kier alpha value is -2.17. The Balaban J connectivity index is 1.65. The fourth-order valence-corrected chi connectivity index (χ4v) is 2.77. The molecular weight excluding hydrogens is 280 g/mol. The van der Waals surface area contributed by atoms with Crippen molar-refractivity contribution in [2.45, 2.75) is 38.6 Å². The molecule has 0 radical (unpaired) electrons. The number of hydrogen-bond acceptors (Lipinski definition) is 3. The van der Waals surface area contributed by atoms with Crippen LogP contribution in [0.5, 0.6) is 0 Å². The Morgan fingerprint density at radius 1 is 1.18 bits per heavy atom. The second kappa shape index (κ2) is 5.91. The van der Waals surface area contributed by atoms with E-state index in [2.05, 4.69) is 6.92 Å². The van der Waals surface area contributed by atoms with Gasteiger partial charge in [-0.25, -0.2) is 4.79 Å². The summed E-state index contributed by atoms with van der Waals surface area (Å²) in [5.41, 5.74) is 1.73. The first-order valence-corrected chi connectivity index (χ1v) is 7.83. The Kier molecular flexibility index (Phi) is 3.96. The molecule has 0 atom stereocenters. The quantitative estimate of drug-likeness (QED) is 0.598. The van der Waals surface area contributed by atoms with Crippen LogP contribution < -0.4 is 0 Å². The zero-order valence-corrected chi connectivity index (χ0v) is 12.7. The minimum Gasteiger partial charge on any atom is -0.312 e. The van der Waals surface area contributed by atoms with Crippen molar-refractivity contribution in [2.24, 2.45) is 0 Å². The summed E-state index contributed by atoms with van der Waals surface area (Å²) >= 11 is 0. The van der Waals surface area contributed by atoms with Crippen molar-refractivity contribution in [2.75, 3.05) is 13.1 Å². The number of hydrogen-bond donors (Lipinski definition) is 0. The predicted octanol–water partition coefficient (Wildman–Crippen LogP) is 2.25. The number of benzene rings is 1. The van der Waals surface area contributed by atoms with E-state index in [1.54, 1.807) is 17.0 Å². The number of carbonyl (C=O) groups is 3. The number of amides is 3. The average molecular weight is 300 g/mol. The Morgan fingerprint density at radius 2 is 1.86 bits per heavy atom. The van der Waals surface area contributed by atoms with Gasteiger partial charge < -0.3 is 4.90 Å². The van der Waals surface area contributed by atoms with Crippen LogP contribution in [-0.2, 0) is 11.2 Å². The standard InChI is InChI=1S/C17H20N2O3/c1-2-3-12-4-6-13(7-5-12)15(20)10-19-16(21)11-18(17(19)22)14-8-9-14/h4-7,14H,2-3,8-11H2,1H3. The first kappa shape index (κ1) is 14.8. The van der Waals surface area contributed by atoms with E-state index in [0.29, 0.717) is 5.56 Å². The molecule has 1 aliphatic heterocycles. The molecule has 0 aromatic heterocycles. The SMILES string of the molecule is CCCc1ccc(C(=O)CN2C(=O)CN(C3CC3)C2=O)cc1. The second-order valence-electron chi connectivity index (χ2n) is 5.99. The van der Waals surface area contributed by atoms with Gasteiger partial charge in [0, 0.05) is 11.6 Å². The van der Waals surface area contributed by atoms with Gasteiger partial charge in [0.05, 0.1) is 6.54 Å². The highest BCUT2D eigenvalue weighted by molar-refractivity contribution is 6.08. The minimum absolute atomic E-state index is 0.117. The summed E-state index contributed by atoms with van der Waals surface area (Å²) in [7, 11) is 0. The Morgan fingerprint density at radius 3 is 2.45 bits per heavy atom. The summed E-state index contributed by atoms with van der Waals surface area (Å²) in [6.45, 7) is 2.06. The zero-order chi connectivity index (χ0) is 15.7. The number of carbonyl (C=O) groups excluding carboxylic acids is 3. The van der Waals surface area contributed by atoms with Crippen molar-refractivity contribution in [1.82, 2.24) is 9.80 Å². The first-order chi connectivity index (χ1) is 10.6. The fraction of sp³-hybridized carbons (Fsp3) is 0.471. The van der Waals surface area contributed by atoms with Gasteiger partial charge in [0.15, 0.2) is 5.78 Å². The lowest BCUT2D eigenvalue weighted by atomic mass is 10.1. The molecule has 2 aliphatic rings. The molecule has 1 heterocycles. The third-order valence-electron chi connectivity index (χ3n) is 4.19. The van der Waals surface area contributed by atoms with E-state index in [4.69, 9.17) is 0 Å². The molecule has 116 valence electrons. The molecule has 5 heteroatoms. The molecule has 1 aromatic rings. The van der Waals surface area contributed by atoms with Crippen molar-refractivity contribution in [3.63, 3.8) is 0 Å². The van der Waals surface area contributed by atoms with Gasteiger partial charge in [0.1, 0.15) is 6.54 Å². The number of rotatable bonds is 6. The van der Waals surface area contributed by atoms with E-state index in [1.165, 1.54) is 5.56 Å². The van der Waals surface area contributed by atoms with E-state index < -0.39 is 0 Å². The summed E-state index contributed by atoms with van der Waals surface area (Å²) < 4.78 is 0. The minimum atomic E-state index is -0.316. The van der Waals surface area contributed by atoms with Gasteiger partial charge in [-0.3, -0.25) is 14.5 Å². The monoisotopic (exact) mass is 300 g/mol. The van der Waals surface area contributed by atoms with Crippen molar-refractivity contribution in [3.8, 4) is 0 Å². The van der Waals surface area contributed by atoms with Gasteiger partial charge in [0.25, 0.3) is 5.91 Å². The zero-order valence-electron chi connectivity index (χ0n) is 12.7. The van der Waals surface area contributed by atoms with E-state index in [9.17, 15) is 14.4 Å². The lowest BCUT2D eigenvalue weighted by molar-refractivity contribution is -0.125. The first-order valence-electron chi connectivity index (χ1n) is 7.83. The summed E-state index contributed by atoms with van der Waals surface area (Å²) in [4.78, 5) is 39.1. The highest BCUT2D eigenvalue weighted by Gasteiger charge is 2.44. The topological polar surface area (TPSA) is 57.7 Å². The number of ketones is 1. The molecule has 22 heavy (non-hydrogen) atoms. The van der Waals surface area contributed by atoms with E-state index in [-0.39, 0.29) is 36.9 Å². The number of imide groups is 1. The largest absolute Gasteiger partial charge is 0.327 e. The van der Waals surface area contributed by atoms with Crippen LogP contribution in [0.25, 0.3) is 0 Å². The van der Waals surface area contributed by atoms with Gasteiger partial charge in [-0.1, -0.05) is 37.6 Å². The molecule has 0 unspecified atom stereocenters. The van der Waals surface area contributed by atoms with Gasteiger partial charge in [-0.15, -0.1) is 0 Å². The number of urea groups is 1. The predicted molar refractivity (Wildman–Crippen MR) is 81.6 cm³/mol. The van der Waals surface area contributed by atoms with Crippen LogP contribution in [0.4, 0.5) is 4.79 Å². The van der Waals surface area contributed by atoms with Crippen molar-refractivity contribution < 1.29 is 14.4 Å². The third kappa shape index (κ3) is 2.89. The highest BCUT2D eigenvalue weighted by Crippen LogP contribution is 2.30. The highest BCUT2D eigenvalue weighted by atomic mass is 16.2. The summed E-state index contributed by atoms with van der Waals surface area (Å²) in [5.74, 6) is -0.463. The fourth-order valence-electron chi connectivity index (χ4n) is 2.77. The maximum atomic E-state index is 12.3. The summed E-state index contributed by atoms with van der Waals surface area (Å²) in [6, 6.07) is 7.30. The molecule has 1 aliphatic carbocycles. The van der Waals surface area contributed by atoms with Crippen LogP contribution in [0.3, 0.4) is 0 Å². The molecule has 5 nitrogen and oxygen atoms in total. The van der Waals surface area contributed by atoms with Crippen LogP contribution in [-0.4, -0.2) is 46.7 Å². The van der Waals surface area contributed by atoms with Gasteiger partial charge >= 0.3 is 6.03 Å². The summed E-state index contributed by atoms with van der Waals surface area (Å²) in [5, 5.41) is 0. The van der Waals surface area contributed by atoms with Crippen molar-refractivity contribution in [1.29, 1.82) is 0 Å². The molecule has 1 aromatic carbocycles. The number of aryl methyl sites for hydroxylation is 1. The molecule has 0 spiro atoms. The van der Waals surface area contributed by atoms with Gasteiger partial charge in [-0.05, 0) is 24.8 Å². The summed E-state index contributed by atoms with van der Waals surface area (Å²) in [6.07, 6.45) is 3.95. The van der Waals surface area contributed by atoms with E-state index >= 15 is 0 Å². The second-order valence-corrected chi connectivity index (χ2v) is 5.99. The van der Waals surface area contributed by atoms with Gasteiger partial charge in [-0.2, -0.15) is 0 Å². The van der Waals surface area contributed by atoms with Crippen LogP contribution in [0.15, 0.2) is 24.3 Å². The normalized spacial score (nSPS) is 18.2. The van der Waals surface area contributed by atoms with E-state index in [1.807, 2.05) is 12.1 Å². The molecular formula is C17H20N2O3.